The van der Waals surface area contributed by atoms with Gasteiger partial charge in [-0.25, -0.2) is 8.42 Å². The van der Waals surface area contributed by atoms with Gasteiger partial charge in [0.05, 0.1) is 12.0 Å². The number of amides is 1. The second-order valence-electron chi connectivity index (χ2n) is 6.63. The van der Waals surface area contributed by atoms with Gasteiger partial charge in [0, 0.05) is 16.9 Å². The Morgan fingerprint density at radius 3 is 2.28 bits per heavy atom. The standard InChI is InChI=1S/C22H22N2O4S/c1-15-5-4-6-18(13-15)24-29(26,27)20-12-7-16(2)21(14-20)22(25)23-17-8-10-19(28-3)11-9-17/h4-14,24H,1-3H3,(H,23,25). The third kappa shape index (κ3) is 4.94. The fourth-order valence-electron chi connectivity index (χ4n) is 2.81. The summed E-state index contributed by atoms with van der Waals surface area (Å²) in [5.74, 6) is 0.287. The quantitative estimate of drug-likeness (QED) is 0.632. The molecule has 150 valence electrons. The molecule has 0 unspecified atom stereocenters. The third-order valence-electron chi connectivity index (χ3n) is 4.38. The zero-order valence-electron chi connectivity index (χ0n) is 16.4. The van der Waals surface area contributed by atoms with Crippen LogP contribution >= 0.6 is 0 Å². The maximum atomic E-state index is 12.8. The molecule has 0 aromatic heterocycles. The second-order valence-corrected chi connectivity index (χ2v) is 8.32. The molecule has 0 aliphatic rings. The molecule has 0 aliphatic carbocycles. The van der Waals surface area contributed by atoms with Crippen molar-refractivity contribution in [3.05, 3.63) is 83.4 Å². The number of sulfonamides is 1. The molecular weight excluding hydrogens is 388 g/mol. The lowest BCUT2D eigenvalue weighted by Crippen LogP contribution is -2.17. The Bertz CT molecular complexity index is 1140. The van der Waals surface area contributed by atoms with Crippen molar-refractivity contribution in [3.8, 4) is 5.75 Å². The van der Waals surface area contributed by atoms with Crippen LogP contribution in [0.1, 0.15) is 21.5 Å². The molecule has 0 saturated carbocycles. The summed E-state index contributed by atoms with van der Waals surface area (Å²) in [4.78, 5) is 12.7. The number of methoxy groups -OCH3 is 1. The maximum Gasteiger partial charge on any atom is 0.261 e. The molecule has 0 fully saturated rings. The molecule has 3 aromatic carbocycles. The molecule has 0 atom stereocenters. The highest BCUT2D eigenvalue weighted by Crippen LogP contribution is 2.22. The van der Waals surface area contributed by atoms with Gasteiger partial charge in [0.15, 0.2) is 0 Å². The van der Waals surface area contributed by atoms with E-state index in [4.69, 9.17) is 4.74 Å². The normalized spacial score (nSPS) is 11.0. The number of hydrogen-bond acceptors (Lipinski definition) is 4. The topological polar surface area (TPSA) is 84.5 Å². The van der Waals surface area contributed by atoms with E-state index in [1.54, 1.807) is 62.6 Å². The van der Waals surface area contributed by atoms with Crippen LogP contribution in [0.3, 0.4) is 0 Å². The molecule has 0 radical (unpaired) electrons. The first-order chi connectivity index (χ1) is 13.8. The number of carbonyl (C=O) groups excluding carboxylic acids is 1. The number of ether oxygens (including phenoxy) is 1. The van der Waals surface area contributed by atoms with E-state index in [0.717, 1.165) is 5.56 Å². The van der Waals surface area contributed by atoms with Gasteiger partial charge in [0.1, 0.15) is 5.75 Å². The molecule has 6 nitrogen and oxygen atoms in total. The fourth-order valence-corrected chi connectivity index (χ4v) is 3.88. The predicted octanol–water partition coefficient (Wildman–Crippen LogP) is 4.37. The van der Waals surface area contributed by atoms with Crippen LogP contribution in [0.4, 0.5) is 11.4 Å². The zero-order valence-corrected chi connectivity index (χ0v) is 17.2. The van der Waals surface area contributed by atoms with Crippen molar-refractivity contribution in [1.29, 1.82) is 0 Å². The highest BCUT2D eigenvalue weighted by atomic mass is 32.2. The van der Waals surface area contributed by atoms with E-state index in [2.05, 4.69) is 10.0 Å². The summed E-state index contributed by atoms with van der Waals surface area (Å²) in [5, 5.41) is 2.78. The van der Waals surface area contributed by atoms with Crippen molar-refractivity contribution in [1.82, 2.24) is 0 Å². The maximum absolute atomic E-state index is 12.8. The van der Waals surface area contributed by atoms with Crippen LogP contribution < -0.4 is 14.8 Å². The monoisotopic (exact) mass is 410 g/mol. The van der Waals surface area contributed by atoms with Gasteiger partial charge >= 0.3 is 0 Å². The Labute approximate surface area is 170 Å². The van der Waals surface area contributed by atoms with Crippen molar-refractivity contribution in [2.45, 2.75) is 18.7 Å². The van der Waals surface area contributed by atoms with Gasteiger partial charge in [-0.2, -0.15) is 0 Å². The second kappa shape index (κ2) is 8.36. The van der Waals surface area contributed by atoms with Crippen molar-refractivity contribution in [2.24, 2.45) is 0 Å². The van der Waals surface area contributed by atoms with E-state index in [1.807, 2.05) is 13.0 Å². The van der Waals surface area contributed by atoms with E-state index in [0.29, 0.717) is 22.7 Å². The van der Waals surface area contributed by atoms with Gasteiger partial charge in [-0.05, 0) is 73.5 Å². The van der Waals surface area contributed by atoms with Crippen LogP contribution in [0, 0.1) is 13.8 Å². The summed E-state index contributed by atoms with van der Waals surface area (Å²) in [5.41, 5.74) is 2.95. The van der Waals surface area contributed by atoms with E-state index < -0.39 is 10.0 Å². The van der Waals surface area contributed by atoms with Crippen molar-refractivity contribution >= 4 is 27.3 Å². The average molecular weight is 410 g/mol. The van der Waals surface area contributed by atoms with Gasteiger partial charge < -0.3 is 10.1 Å². The number of anilines is 2. The van der Waals surface area contributed by atoms with E-state index in [1.165, 1.54) is 12.1 Å². The van der Waals surface area contributed by atoms with Gasteiger partial charge in [0.2, 0.25) is 0 Å². The molecule has 1 amide bonds. The number of rotatable bonds is 6. The molecule has 0 aliphatic heterocycles. The molecule has 0 heterocycles. The Hall–Kier alpha value is -3.32. The fraction of sp³-hybridized carbons (Fsp3) is 0.136. The van der Waals surface area contributed by atoms with E-state index in [9.17, 15) is 13.2 Å². The summed E-state index contributed by atoms with van der Waals surface area (Å²) in [6, 6.07) is 18.4. The molecule has 7 heteroatoms. The third-order valence-corrected chi connectivity index (χ3v) is 5.76. The first kappa shape index (κ1) is 20.4. The first-order valence-corrected chi connectivity index (χ1v) is 10.4. The predicted molar refractivity (Wildman–Crippen MR) is 114 cm³/mol. The summed E-state index contributed by atoms with van der Waals surface area (Å²) < 4.78 is 33.2. The number of aryl methyl sites for hydroxylation is 2. The Morgan fingerprint density at radius 2 is 1.62 bits per heavy atom. The van der Waals surface area contributed by atoms with Gasteiger partial charge in [-0.3, -0.25) is 9.52 Å². The van der Waals surface area contributed by atoms with Crippen LogP contribution in [0.5, 0.6) is 5.75 Å². The highest BCUT2D eigenvalue weighted by Gasteiger charge is 2.18. The number of benzene rings is 3. The van der Waals surface area contributed by atoms with Crippen LogP contribution in [0.2, 0.25) is 0 Å². The SMILES string of the molecule is COc1ccc(NC(=O)c2cc(S(=O)(=O)Nc3cccc(C)c3)ccc2C)cc1. The molecule has 29 heavy (non-hydrogen) atoms. The van der Waals surface area contributed by atoms with Gasteiger partial charge in [-0.1, -0.05) is 18.2 Å². The summed E-state index contributed by atoms with van der Waals surface area (Å²) in [6.07, 6.45) is 0. The zero-order chi connectivity index (χ0) is 21.0. The molecule has 0 saturated heterocycles. The smallest absolute Gasteiger partial charge is 0.261 e. The minimum atomic E-state index is -3.83. The minimum absolute atomic E-state index is 0.0180. The van der Waals surface area contributed by atoms with E-state index >= 15 is 0 Å². The van der Waals surface area contributed by atoms with Crippen molar-refractivity contribution in [3.63, 3.8) is 0 Å². The average Bonchev–Trinajstić information content (AvgIpc) is 2.68. The van der Waals surface area contributed by atoms with E-state index in [-0.39, 0.29) is 16.4 Å². The number of nitrogens with one attached hydrogen (secondary N) is 2. The van der Waals surface area contributed by atoms with Crippen LogP contribution in [-0.4, -0.2) is 21.4 Å². The molecule has 3 aromatic rings. The number of carbonyl (C=O) groups is 1. The number of hydrogen-bond donors (Lipinski definition) is 2. The molecule has 3 rings (SSSR count). The largest absolute Gasteiger partial charge is 0.497 e. The Balaban J connectivity index is 1.85. The van der Waals surface area contributed by atoms with Crippen molar-refractivity contribution in [2.75, 3.05) is 17.1 Å². The minimum Gasteiger partial charge on any atom is -0.497 e. The highest BCUT2D eigenvalue weighted by molar-refractivity contribution is 7.92. The van der Waals surface area contributed by atoms with Crippen LogP contribution in [0.15, 0.2) is 71.6 Å². The van der Waals surface area contributed by atoms with Crippen LogP contribution in [-0.2, 0) is 10.0 Å². The first-order valence-electron chi connectivity index (χ1n) is 8.94. The Kier molecular flexibility index (Phi) is 5.89. The van der Waals surface area contributed by atoms with Gasteiger partial charge in [0.25, 0.3) is 15.9 Å². The molecule has 0 bridgehead atoms. The lowest BCUT2D eigenvalue weighted by Gasteiger charge is -2.12. The van der Waals surface area contributed by atoms with Gasteiger partial charge in [-0.15, -0.1) is 0 Å². The summed E-state index contributed by atoms with van der Waals surface area (Å²) in [7, 11) is -2.27. The lowest BCUT2D eigenvalue weighted by atomic mass is 10.1. The van der Waals surface area contributed by atoms with Crippen LogP contribution in [0.25, 0.3) is 0 Å². The molecule has 0 spiro atoms. The Morgan fingerprint density at radius 1 is 0.897 bits per heavy atom. The molecule has 2 N–H and O–H groups in total. The molecular formula is C22H22N2O4S. The summed E-state index contributed by atoms with van der Waals surface area (Å²) >= 11 is 0. The summed E-state index contributed by atoms with van der Waals surface area (Å²) in [6.45, 7) is 3.64. The van der Waals surface area contributed by atoms with Crippen molar-refractivity contribution < 1.29 is 17.9 Å². The lowest BCUT2D eigenvalue weighted by molar-refractivity contribution is 0.102.